The van der Waals surface area contributed by atoms with E-state index in [4.69, 9.17) is 23.2 Å². The van der Waals surface area contributed by atoms with Crippen molar-refractivity contribution in [3.05, 3.63) is 106 Å². The fourth-order valence-electron chi connectivity index (χ4n) is 3.56. The Balaban J connectivity index is 1.94. The summed E-state index contributed by atoms with van der Waals surface area (Å²) >= 11 is 12.2. The number of carbonyl (C=O) groups excluding carboxylic acids is 2. The summed E-state index contributed by atoms with van der Waals surface area (Å²) in [6.45, 7) is 2.64. The summed E-state index contributed by atoms with van der Waals surface area (Å²) in [5.41, 5.74) is 2.69. The zero-order chi connectivity index (χ0) is 22.9. The summed E-state index contributed by atoms with van der Waals surface area (Å²) in [5.74, 6) is -0.317. The number of carbonyl (C=O) groups is 2. The molecule has 1 N–H and O–H groups in total. The van der Waals surface area contributed by atoms with Crippen LogP contribution in [-0.4, -0.2) is 29.3 Å². The minimum Gasteiger partial charge on any atom is -0.355 e. The van der Waals surface area contributed by atoms with Gasteiger partial charge in [-0.25, -0.2) is 0 Å². The van der Waals surface area contributed by atoms with E-state index in [2.05, 4.69) is 5.32 Å². The van der Waals surface area contributed by atoms with Crippen molar-refractivity contribution >= 4 is 35.0 Å². The molecule has 166 valence electrons. The normalized spacial score (nSPS) is 11.6. The fourth-order valence-corrected chi connectivity index (χ4v) is 3.90. The smallest absolute Gasteiger partial charge is 0.243 e. The molecule has 0 saturated heterocycles. The summed E-state index contributed by atoms with van der Waals surface area (Å²) in [6, 6.07) is 23.6. The van der Waals surface area contributed by atoms with Gasteiger partial charge in [-0.05, 0) is 47.9 Å². The lowest BCUT2D eigenvalue weighted by atomic mass is 10.0. The van der Waals surface area contributed by atoms with E-state index in [0.717, 1.165) is 16.7 Å². The van der Waals surface area contributed by atoms with E-state index in [1.807, 2.05) is 67.6 Å². The highest BCUT2D eigenvalue weighted by Gasteiger charge is 2.30. The highest BCUT2D eigenvalue weighted by Crippen LogP contribution is 2.19. The van der Waals surface area contributed by atoms with E-state index in [1.54, 1.807) is 23.1 Å². The van der Waals surface area contributed by atoms with E-state index in [9.17, 15) is 9.59 Å². The lowest BCUT2D eigenvalue weighted by Crippen LogP contribution is -2.50. The molecule has 0 bridgehead atoms. The molecule has 4 nitrogen and oxygen atoms in total. The van der Waals surface area contributed by atoms with Crippen LogP contribution in [0.5, 0.6) is 0 Å². The maximum atomic E-state index is 13.5. The molecule has 0 heterocycles. The Kier molecular flexibility index (Phi) is 8.72. The molecule has 1 atom stereocenters. The molecule has 0 aromatic heterocycles. The van der Waals surface area contributed by atoms with E-state index in [0.29, 0.717) is 23.0 Å². The Morgan fingerprint density at radius 2 is 1.53 bits per heavy atom. The molecule has 3 aromatic rings. The molecule has 2 amide bonds. The monoisotopic (exact) mass is 468 g/mol. The number of rotatable bonds is 9. The lowest BCUT2D eigenvalue weighted by molar-refractivity contribution is -0.140. The van der Waals surface area contributed by atoms with Gasteiger partial charge in [0.25, 0.3) is 0 Å². The number of amides is 2. The van der Waals surface area contributed by atoms with Gasteiger partial charge in [0.2, 0.25) is 11.8 Å². The van der Waals surface area contributed by atoms with Gasteiger partial charge in [-0.3, -0.25) is 9.59 Å². The van der Waals surface area contributed by atoms with Crippen molar-refractivity contribution in [1.29, 1.82) is 0 Å². The summed E-state index contributed by atoms with van der Waals surface area (Å²) in [5, 5.41) is 4.09. The molecule has 0 aliphatic rings. The summed E-state index contributed by atoms with van der Waals surface area (Å²) in [7, 11) is 0. The maximum Gasteiger partial charge on any atom is 0.243 e. The first-order valence-electron chi connectivity index (χ1n) is 10.6. The molecule has 0 aliphatic heterocycles. The van der Waals surface area contributed by atoms with Gasteiger partial charge in [0.1, 0.15) is 6.04 Å². The van der Waals surface area contributed by atoms with Gasteiger partial charge in [0, 0.05) is 29.6 Å². The number of nitrogens with one attached hydrogen (secondary N) is 1. The van der Waals surface area contributed by atoms with Crippen LogP contribution in [0.4, 0.5) is 0 Å². The topological polar surface area (TPSA) is 49.4 Å². The first-order valence-corrected chi connectivity index (χ1v) is 11.3. The highest BCUT2D eigenvalue weighted by atomic mass is 35.5. The zero-order valence-electron chi connectivity index (χ0n) is 17.9. The Bertz CT molecular complexity index is 1040. The van der Waals surface area contributed by atoms with Gasteiger partial charge in [-0.15, -0.1) is 0 Å². The number of likely N-dealkylation sites (N-methyl/N-ethyl adjacent to an activating group) is 1. The number of nitrogens with zero attached hydrogens (tertiary/aromatic N) is 1. The lowest BCUT2D eigenvalue weighted by Gasteiger charge is -2.31. The molecule has 3 rings (SSSR count). The van der Waals surface area contributed by atoms with Crippen molar-refractivity contribution in [1.82, 2.24) is 10.2 Å². The summed E-state index contributed by atoms with van der Waals surface area (Å²) in [6.07, 6.45) is 0.585. The van der Waals surface area contributed by atoms with E-state index >= 15 is 0 Å². The fraction of sp³-hybridized carbons (Fsp3) is 0.231. The van der Waals surface area contributed by atoms with Gasteiger partial charge in [0.15, 0.2) is 0 Å². The predicted molar refractivity (Wildman–Crippen MR) is 130 cm³/mol. The molecular weight excluding hydrogens is 443 g/mol. The quantitative estimate of drug-likeness (QED) is 0.462. The van der Waals surface area contributed by atoms with Crippen LogP contribution in [0.1, 0.15) is 23.6 Å². The molecule has 0 spiro atoms. The first kappa shape index (κ1) is 23.8. The van der Waals surface area contributed by atoms with Crippen LogP contribution in [0.15, 0.2) is 78.9 Å². The third-order valence-corrected chi connectivity index (χ3v) is 5.62. The molecule has 6 heteroatoms. The van der Waals surface area contributed by atoms with Crippen LogP contribution in [-0.2, 0) is 29.0 Å². The highest BCUT2D eigenvalue weighted by molar-refractivity contribution is 6.30. The van der Waals surface area contributed by atoms with Crippen LogP contribution < -0.4 is 5.32 Å². The van der Waals surface area contributed by atoms with Gasteiger partial charge in [-0.2, -0.15) is 0 Å². The molecule has 0 fully saturated rings. The Labute approximate surface area is 199 Å². The second kappa shape index (κ2) is 11.7. The largest absolute Gasteiger partial charge is 0.355 e. The standard InChI is InChI=1S/C26H26Cl2N2O2/c1-2-29-26(32)24(16-19-7-4-3-5-8-19)30(18-21-9-6-10-23(28)15-21)25(31)17-20-11-13-22(27)14-12-20/h3-15,24H,2,16-18H2,1H3,(H,29,32)/t24-/m1/s1. The van der Waals surface area contributed by atoms with Crippen molar-refractivity contribution in [3.63, 3.8) is 0 Å². The molecule has 0 saturated carbocycles. The minimum atomic E-state index is -0.656. The SMILES string of the molecule is CCNC(=O)[C@@H](Cc1ccccc1)N(Cc1cccc(Cl)c1)C(=O)Cc1ccc(Cl)cc1. The Morgan fingerprint density at radius 1 is 0.844 bits per heavy atom. The van der Waals surface area contributed by atoms with Crippen LogP contribution in [0.2, 0.25) is 10.0 Å². The Morgan fingerprint density at radius 3 is 2.19 bits per heavy atom. The maximum absolute atomic E-state index is 13.5. The summed E-state index contributed by atoms with van der Waals surface area (Å²) < 4.78 is 0. The van der Waals surface area contributed by atoms with Crippen molar-refractivity contribution in [3.8, 4) is 0 Å². The minimum absolute atomic E-state index is 0.139. The van der Waals surface area contributed by atoms with Gasteiger partial charge in [0.05, 0.1) is 6.42 Å². The van der Waals surface area contributed by atoms with E-state index in [-0.39, 0.29) is 24.8 Å². The first-order chi connectivity index (χ1) is 15.5. The third kappa shape index (κ3) is 6.84. The zero-order valence-corrected chi connectivity index (χ0v) is 19.4. The van der Waals surface area contributed by atoms with Crippen LogP contribution >= 0.6 is 23.2 Å². The molecule has 0 unspecified atom stereocenters. The van der Waals surface area contributed by atoms with E-state index in [1.165, 1.54) is 0 Å². The van der Waals surface area contributed by atoms with Gasteiger partial charge >= 0.3 is 0 Å². The molecule has 32 heavy (non-hydrogen) atoms. The van der Waals surface area contributed by atoms with Crippen molar-refractivity contribution in [2.45, 2.75) is 32.4 Å². The number of hydrogen-bond acceptors (Lipinski definition) is 2. The van der Waals surface area contributed by atoms with Crippen molar-refractivity contribution in [2.75, 3.05) is 6.54 Å². The molecular formula is C26H26Cl2N2O2. The molecule has 3 aromatic carbocycles. The van der Waals surface area contributed by atoms with Crippen LogP contribution in [0, 0.1) is 0 Å². The number of halogens is 2. The molecule has 0 aliphatic carbocycles. The predicted octanol–water partition coefficient (Wildman–Crippen LogP) is 5.31. The average molecular weight is 469 g/mol. The average Bonchev–Trinajstić information content (AvgIpc) is 2.78. The van der Waals surface area contributed by atoms with Gasteiger partial charge < -0.3 is 10.2 Å². The molecule has 0 radical (unpaired) electrons. The Hall–Kier alpha value is -2.82. The third-order valence-electron chi connectivity index (χ3n) is 5.13. The van der Waals surface area contributed by atoms with Gasteiger partial charge in [-0.1, -0.05) is 77.8 Å². The number of benzene rings is 3. The van der Waals surface area contributed by atoms with Crippen molar-refractivity contribution in [2.24, 2.45) is 0 Å². The number of hydrogen-bond donors (Lipinski definition) is 1. The second-order valence-electron chi connectivity index (χ2n) is 7.55. The second-order valence-corrected chi connectivity index (χ2v) is 8.43. The van der Waals surface area contributed by atoms with E-state index < -0.39 is 6.04 Å². The summed E-state index contributed by atoms with van der Waals surface area (Å²) in [4.78, 5) is 28.3. The van der Waals surface area contributed by atoms with Crippen LogP contribution in [0.25, 0.3) is 0 Å². The van der Waals surface area contributed by atoms with Crippen molar-refractivity contribution < 1.29 is 9.59 Å². The van der Waals surface area contributed by atoms with Crippen LogP contribution in [0.3, 0.4) is 0 Å².